The monoisotopic (exact) mass is 428 g/mol. The molecule has 0 saturated carbocycles. The lowest BCUT2D eigenvalue weighted by Crippen LogP contribution is -2.47. The van der Waals surface area contributed by atoms with Gasteiger partial charge >= 0.3 is 0 Å². The molecule has 3 rings (SSSR count). The van der Waals surface area contributed by atoms with Crippen LogP contribution in [0.15, 0.2) is 35.7 Å². The first-order chi connectivity index (χ1) is 13.0. The number of amides is 1. The first-order valence-electron chi connectivity index (χ1n) is 8.66. The number of carbonyl (C=O) groups excluding carboxylic acids is 1. The molecule has 1 saturated heterocycles. The lowest BCUT2D eigenvalue weighted by atomic mass is 10.2. The van der Waals surface area contributed by atoms with E-state index in [0.29, 0.717) is 28.9 Å². The van der Waals surface area contributed by atoms with Gasteiger partial charge in [0.1, 0.15) is 0 Å². The zero-order valence-electron chi connectivity index (χ0n) is 15.0. The number of aryl methyl sites for hydroxylation is 1. The van der Waals surface area contributed by atoms with Gasteiger partial charge in [0, 0.05) is 45.6 Å². The Hall–Kier alpha value is -1.25. The summed E-state index contributed by atoms with van der Waals surface area (Å²) in [5, 5.41) is 4.90. The van der Waals surface area contributed by atoms with Crippen molar-refractivity contribution in [3.8, 4) is 0 Å². The lowest BCUT2D eigenvalue weighted by Gasteiger charge is -2.33. The second-order valence-electron chi connectivity index (χ2n) is 6.39. The Balaban J connectivity index is 1.42. The topological polar surface area (TPSA) is 59.4 Å². The van der Waals surface area contributed by atoms with Crippen LogP contribution in [0.1, 0.15) is 5.56 Å². The highest BCUT2D eigenvalue weighted by Crippen LogP contribution is 2.23. The van der Waals surface area contributed by atoms with E-state index in [9.17, 15) is 4.79 Å². The lowest BCUT2D eigenvalue weighted by molar-refractivity contribution is -0.119. The first kappa shape index (κ1) is 20.5. The summed E-state index contributed by atoms with van der Waals surface area (Å²) in [6, 6.07) is 5.69. The number of imidazole rings is 1. The van der Waals surface area contributed by atoms with Gasteiger partial charge < -0.3 is 14.6 Å². The second kappa shape index (κ2) is 9.80. The van der Waals surface area contributed by atoms with Crippen molar-refractivity contribution in [2.75, 3.05) is 32.0 Å². The van der Waals surface area contributed by atoms with Crippen LogP contribution in [0.2, 0.25) is 10.0 Å². The molecule has 0 aliphatic carbocycles. The molecule has 1 fully saturated rings. The van der Waals surface area contributed by atoms with E-state index in [-0.39, 0.29) is 12.0 Å². The fourth-order valence-electron chi connectivity index (χ4n) is 2.84. The molecule has 0 bridgehead atoms. The van der Waals surface area contributed by atoms with Crippen LogP contribution >= 0.6 is 35.0 Å². The summed E-state index contributed by atoms with van der Waals surface area (Å²) in [6.07, 6.45) is 3.56. The molecule has 1 aromatic carbocycles. The van der Waals surface area contributed by atoms with Gasteiger partial charge in [-0.15, -0.1) is 0 Å². The predicted molar refractivity (Wildman–Crippen MR) is 108 cm³/mol. The zero-order valence-corrected chi connectivity index (χ0v) is 17.4. The summed E-state index contributed by atoms with van der Waals surface area (Å²) in [5.41, 5.74) is 1.11. The molecule has 27 heavy (non-hydrogen) atoms. The quantitative estimate of drug-likeness (QED) is 0.686. The molecular formula is C18H22Cl2N4O2S. The van der Waals surface area contributed by atoms with Crippen molar-refractivity contribution in [2.45, 2.75) is 17.8 Å². The molecule has 1 aromatic heterocycles. The van der Waals surface area contributed by atoms with Gasteiger partial charge in [0.15, 0.2) is 5.16 Å². The van der Waals surface area contributed by atoms with Gasteiger partial charge in [-0.05, 0) is 17.7 Å². The maximum absolute atomic E-state index is 12.1. The molecule has 0 radical (unpaired) electrons. The Labute approximate surface area is 173 Å². The maximum Gasteiger partial charge on any atom is 0.230 e. The minimum absolute atomic E-state index is 0.0202. The second-order valence-corrected chi connectivity index (χ2v) is 8.15. The van der Waals surface area contributed by atoms with Crippen LogP contribution in [-0.4, -0.2) is 58.5 Å². The van der Waals surface area contributed by atoms with E-state index in [1.54, 1.807) is 6.20 Å². The Morgan fingerprint density at radius 2 is 2.26 bits per heavy atom. The van der Waals surface area contributed by atoms with Crippen molar-refractivity contribution in [3.63, 3.8) is 0 Å². The summed E-state index contributed by atoms with van der Waals surface area (Å²) < 4.78 is 7.67. The fourth-order valence-corrected chi connectivity index (χ4v) is 3.93. The van der Waals surface area contributed by atoms with Gasteiger partial charge in [-0.2, -0.15) is 0 Å². The van der Waals surface area contributed by atoms with Gasteiger partial charge in [-0.3, -0.25) is 9.69 Å². The Bertz CT molecular complexity index is 786. The molecule has 0 spiro atoms. The number of aromatic nitrogens is 2. The number of nitrogens with one attached hydrogen (secondary N) is 1. The number of benzene rings is 1. The van der Waals surface area contributed by atoms with Gasteiger partial charge in [0.05, 0.1) is 28.5 Å². The fraction of sp³-hybridized carbons (Fsp3) is 0.444. The van der Waals surface area contributed by atoms with E-state index >= 15 is 0 Å². The maximum atomic E-state index is 12.1. The highest BCUT2D eigenvalue weighted by molar-refractivity contribution is 7.99. The summed E-state index contributed by atoms with van der Waals surface area (Å²) in [4.78, 5) is 18.6. The number of rotatable bonds is 7. The molecule has 1 atom stereocenters. The van der Waals surface area contributed by atoms with Gasteiger partial charge in [0.25, 0.3) is 0 Å². The SMILES string of the molecule is Cn1ccnc1SCC(=O)NC[C@H]1CN(Cc2ccc(Cl)c(Cl)c2)CCO1. The molecule has 0 unspecified atom stereocenters. The van der Waals surface area contributed by atoms with Crippen molar-refractivity contribution >= 4 is 40.9 Å². The van der Waals surface area contributed by atoms with Crippen molar-refractivity contribution < 1.29 is 9.53 Å². The van der Waals surface area contributed by atoms with Crippen LogP contribution in [0.25, 0.3) is 0 Å². The molecule has 9 heteroatoms. The van der Waals surface area contributed by atoms with Crippen LogP contribution in [0.5, 0.6) is 0 Å². The molecule has 146 valence electrons. The smallest absolute Gasteiger partial charge is 0.230 e. The Morgan fingerprint density at radius 1 is 1.41 bits per heavy atom. The van der Waals surface area contributed by atoms with Crippen LogP contribution < -0.4 is 5.32 Å². The average molecular weight is 429 g/mol. The third-order valence-electron chi connectivity index (χ3n) is 4.25. The van der Waals surface area contributed by atoms with E-state index in [1.807, 2.05) is 36.0 Å². The highest BCUT2D eigenvalue weighted by atomic mass is 35.5. The van der Waals surface area contributed by atoms with Crippen LogP contribution in [0.4, 0.5) is 0 Å². The summed E-state index contributed by atoms with van der Waals surface area (Å²) in [7, 11) is 1.91. The van der Waals surface area contributed by atoms with Gasteiger partial charge in [0.2, 0.25) is 5.91 Å². The summed E-state index contributed by atoms with van der Waals surface area (Å²) >= 11 is 13.5. The number of nitrogens with zero attached hydrogens (tertiary/aromatic N) is 3. The number of thioether (sulfide) groups is 1. The number of hydrogen-bond donors (Lipinski definition) is 1. The molecule has 2 heterocycles. The van der Waals surface area contributed by atoms with Gasteiger partial charge in [-0.25, -0.2) is 4.98 Å². The van der Waals surface area contributed by atoms with E-state index in [0.717, 1.165) is 30.4 Å². The number of carbonyl (C=O) groups is 1. The van der Waals surface area contributed by atoms with Crippen molar-refractivity contribution in [2.24, 2.45) is 7.05 Å². The molecule has 1 amide bonds. The van der Waals surface area contributed by atoms with Crippen molar-refractivity contribution in [1.82, 2.24) is 19.8 Å². The third kappa shape index (κ3) is 6.12. The Morgan fingerprint density at radius 3 is 3.00 bits per heavy atom. The third-order valence-corrected chi connectivity index (χ3v) is 6.05. The minimum Gasteiger partial charge on any atom is -0.374 e. The van der Waals surface area contributed by atoms with Crippen LogP contribution in [-0.2, 0) is 23.1 Å². The number of hydrogen-bond acceptors (Lipinski definition) is 5. The van der Waals surface area contributed by atoms with Crippen molar-refractivity contribution in [1.29, 1.82) is 0 Å². The van der Waals surface area contributed by atoms with E-state index in [2.05, 4.69) is 15.2 Å². The molecule has 2 aromatic rings. The van der Waals surface area contributed by atoms with E-state index in [1.165, 1.54) is 11.8 Å². The Kier molecular flexibility index (Phi) is 7.43. The van der Waals surface area contributed by atoms with Crippen LogP contribution in [0.3, 0.4) is 0 Å². The summed E-state index contributed by atoms with van der Waals surface area (Å²) in [6.45, 7) is 3.52. The first-order valence-corrected chi connectivity index (χ1v) is 10.4. The predicted octanol–water partition coefficient (Wildman–Crippen LogP) is 2.84. The van der Waals surface area contributed by atoms with E-state index in [4.69, 9.17) is 27.9 Å². The number of ether oxygens (including phenoxy) is 1. The number of halogens is 2. The standard InChI is InChI=1S/C18H22Cl2N4O2S/c1-23-5-4-21-18(23)27-12-17(25)22-9-14-11-24(6-7-26-14)10-13-2-3-15(19)16(20)8-13/h2-5,8,14H,6-7,9-12H2,1H3,(H,22,25)/t14-/m0/s1. The molecule has 6 nitrogen and oxygen atoms in total. The summed E-state index contributed by atoms with van der Waals surface area (Å²) in [5.74, 6) is 0.318. The molecule has 1 N–H and O–H groups in total. The van der Waals surface area contributed by atoms with E-state index < -0.39 is 0 Å². The van der Waals surface area contributed by atoms with Crippen molar-refractivity contribution in [3.05, 3.63) is 46.2 Å². The largest absolute Gasteiger partial charge is 0.374 e. The van der Waals surface area contributed by atoms with Crippen LogP contribution in [0, 0.1) is 0 Å². The molecule has 1 aliphatic heterocycles. The zero-order chi connectivity index (χ0) is 19.2. The highest BCUT2D eigenvalue weighted by Gasteiger charge is 2.21. The number of morpholine rings is 1. The van der Waals surface area contributed by atoms with Gasteiger partial charge in [-0.1, -0.05) is 41.0 Å². The average Bonchev–Trinajstić information content (AvgIpc) is 3.06. The molecule has 1 aliphatic rings. The normalized spacial score (nSPS) is 17.8. The molecular weight excluding hydrogens is 407 g/mol. The minimum atomic E-state index is -0.0244.